The molecule has 76 valence electrons. The van der Waals surface area contributed by atoms with Crippen LogP contribution in [0.3, 0.4) is 0 Å². The third-order valence-electron chi connectivity index (χ3n) is 3.08. The number of hydrogen-bond donors (Lipinski definition) is 0. The van der Waals surface area contributed by atoms with Crippen molar-refractivity contribution in [3.63, 3.8) is 0 Å². The smallest absolute Gasteiger partial charge is 0.225 e. The zero-order valence-corrected chi connectivity index (χ0v) is 9.05. The Morgan fingerprint density at radius 1 is 1.23 bits per heavy atom. The second-order valence-electron chi connectivity index (χ2n) is 4.38. The molecule has 1 saturated carbocycles. The highest BCUT2D eigenvalue weighted by atomic mass is 16.2. The first-order chi connectivity index (χ1) is 6.13. The van der Waals surface area contributed by atoms with Crippen LogP contribution in [0.4, 0.5) is 0 Å². The molecule has 0 unspecified atom stereocenters. The van der Waals surface area contributed by atoms with Gasteiger partial charge in [-0.25, -0.2) is 0 Å². The summed E-state index contributed by atoms with van der Waals surface area (Å²) in [6, 6.07) is 0.342. The van der Waals surface area contributed by atoms with Gasteiger partial charge in [-0.05, 0) is 26.7 Å². The van der Waals surface area contributed by atoms with Crippen molar-refractivity contribution in [2.45, 2.75) is 52.0 Å². The molecule has 0 spiro atoms. The van der Waals surface area contributed by atoms with E-state index in [0.717, 1.165) is 12.8 Å². The normalized spacial score (nSPS) is 19.1. The van der Waals surface area contributed by atoms with Crippen molar-refractivity contribution in [2.75, 3.05) is 7.05 Å². The predicted molar refractivity (Wildman–Crippen MR) is 54.5 cm³/mol. The van der Waals surface area contributed by atoms with Gasteiger partial charge in [-0.1, -0.05) is 19.3 Å². The lowest BCUT2D eigenvalue weighted by molar-refractivity contribution is -0.136. The van der Waals surface area contributed by atoms with Crippen molar-refractivity contribution in [2.24, 2.45) is 5.92 Å². The molecular formula is C11H21NO. The number of rotatable bonds is 2. The minimum atomic E-state index is 0.321. The Morgan fingerprint density at radius 2 is 1.77 bits per heavy atom. The molecule has 1 aliphatic rings. The molecule has 0 radical (unpaired) electrons. The van der Waals surface area contributed by atoms with Gasteiger partial charge in [0.25, 0.3) is 0 Å². The Kier molecular flexibility index (Phi) is 3.76. The third-order valence-corrected chi connectivity index (χ3v) is 3.08. The maximum absolute atomic E-state index is 11.9. The highest BCUT2D eigenvalue weighted by molar-refractivity contribution is 5.78. The zero-order valence-electron chi connectivity index (χ0n) is 9.05. The molecule has 0 heterocycles. The molecule has 0 aromatic carbocycles. The van der Waals surface area contributed by atoms with Crippen LogP contribution in [0.25, 0.3) is 0 Å². The van der Waals surface area contributed by atoms with Crippen LogP contribution in [0.15, 0.2) is 0 Å². The molecule has 0 aliphatic heterocycles. The summed E-state index contributed by atoms with van der Waals surface area (Å²) >= 11 is 0. The maximum Gasteiger partial charge on any atom is 0.225 e. The highest BCUT2D eigenvalue weighted by Crippen LogP contribution is 2.25. The van der Waals surface area contributed by atoms with Gasteiger partial charge >= 0.3 is 0 Å². The van der Waals surface area contributed by atoms with E-state index in [2.05, 4.69) is 13.8 Å². The summed E-state index contributed by atoms with van der Waals surface area (Å²) in [5, 5.41) is 0. The summed E-state index contributed by atoms with van der Waals surface area (Å²) < 4.78 is 0. The second-order valence-corrected chi connectivity index (χ2v) is 4.38. The minimum absolute atomic E-state index is 0.321. The SMILES string of the molecule is CC(C)N(C)C(=O)C1CCCCC1. The van der Waals surface area contributed by atoms with Crippen molar-refractivity contribution in [1.29, 1.82) is 0 Å². The molecular weight excluding hydrogens is 162 g/mol. The molecule has 1 aliphatic carbocycles. The molecule has 2 heteroatoms. The lowest BCUT2D eigenvalue weighted by Gasteiger charge is -2.28. The molecule has 0 N–H and O–H groups in total. The number of hydrogen-bond acceptors (Lipinski definition) is 1. The largest absolute Gasteiger partial charge is 0.343 e. The first-order valence-electron chi connectivity index (χ1n) is 5.39. The molecule has 0 atom stereocenters. The van der Waals surface area contributed by atoms with Gasteiger partial charge in [0, 0.05) is 19.0 Å². The van der Waals surface area contributed by atoms with Crippen molar-refractivity contribution >= 4 is 5.91 Å². The maximum atomic E-state index is 11.9. The van der Waals surface area contributed by atoms with Crippen molar-refractivity contribution in [3.8, 4) is 0 Å². The number of carbonyl (C=O) groups is 1. The Morgan fingerprint density at radius 3 is 2.23 bits per heavy atom. The minimum Gasteiger partial charge on any atom is -0.343 e. The number of carbonyl (C=O) groups excluding carboxylic acids is 1. The lowest BCUT2D eigenvalue weighted by atomic mass is 9.88. The van der Waals surface area contributed by atoms with Gasteiger partial charge in [0.05, 0.1) is 0 Å². The topological polar surface area (TPSA) is 20.3 Å². The van der Waals surface area contributed by atoms with Crippen LogP contribution >= 0.6 is 0 Å². The van der Waals surface area contributed by atoms with Crippen LogP contribution < -0.4 is 0 Å². The third kappa shape index (κ3) is 2.71. The van der Waals surface area contributed by atoms with Crippen LogP contribution in [0, 0.1) is 5.92 Å². The summed E-state index contributed by atoms with van der Waals surface area (Å²) in [5.41, 5.74) is 0. The fourth-order valence-corrected chi connectivity index (χ4v) is 1.89. The van der Waals surface area contributed by atoms with Gasteiger partial charge in [0.1, 0.15) is 0 Å². The van der Waals surface area contributed by atoms with Crippen LogP contribution in [-0.2, 0) is 4.79 Å². The Balaban J connectivity index is 2.45. The standard InChI is InChI=1S/C11H21NO/c1-9(2)12(3)11(13)10-7-5-4-6-8-10/h9-10H,4-8H2,1-3H3. The summed E-state index contributed by atoms with van der Waals surface area (Å²) in [5.74, 6) is 0.677. The molecule has 0 saturated heterocycles. The van der Waals surface area contributed by atoms with E-state index in [-0.39, 0.29) is 0 Å². The van der Waals surface area contributed by atoms with Gasteiger partial charge < -0.3 is 4.90 Å². The lowest BCUT2D eigenvalue weighted by Crippen LogP contribution is -2.38. The van der Waals surface area contributed by atoms with Crippen molar-refractivity contribution in [3.05, 3.63) is 0 Å². The fraction of sp³-hybridized carbons (Fsp3) is 0.909. The molecule has 0 aromatic heterocycles. The van der Waals surface area contributed by atoms with Gasteiger partial charge in [-0.2, -0.15) is 0 Å². The van der Waals surface area contributed by atoms with E-state index >= 15 is 0 Å². The van der Waals surface area contributed by atoms with Crippen LogP contribution in [0.2, 0.25) is 0 Å². The van der Waals surface area contributed by atoms with Gasteiger partial charge in [0.15, 0.2) is 0 Å². The Labute approximate surface area is 81.3 Å². The zero-order chi connectivity index (χ0) is 9.84. The van der Waals surface area contributed by atoms with E-state index in [9.17, 15) is 4.79 Å². The fourth-order valence-electron chi connectivity index (χ4n) is 1.89. The van der Waals surface area contributed by atoms with E-state index in [4.69, 9.17) is 0 Å². The molecule has 1 rings (SSSR count). The molecule has 1 amide bonds. The van der Waals surface area contributed by atoms with Gasteiger partial charge in [-0.3, -0.25) is 4.79 Å². The van der Waals surface area contributed by atoms with Crippen molar-refractivity contribution in [1.82, 2.24) is 4.90 Å². The first-order valence-corrected chi connectivity index (χ1v) is 5.39. The Hall–Kier alpha value is -0.530. The summed E-state index contributed by atoms with van der Waals surface area (Å²) in [6.45, 7) is 4.14. The number of nitrogens with zero attached hydrogens (tertiary/aromatic N) is 1. The van der Waals surface area contributed by atoms with Crippen LogP contribution in [-0.4, -0.2) is 23.9 Å². The van der Waals surface area contributed by atoms with E-state index in [1.165, 1.54) is 19.3 Å². The predicted octanol–water partition coefficient (Wildman–Crippen LogP) is 2.43. The van der Waals surface area contributed by atoms with E-state index < -0.39 is 0 Å². The average Bonchev–Trinajstić information content (AvgIpc) is 2.17. The molecule has 2 nitrogen and oxygen atoms in total. The second kappa shape index (κ2) is 4.64. The Bertz CT molecular complexity index is 171. The molecule has 1 fully saturated rings. The highest BCUT2D eigenvalue weighted by Gasteiger charge is 2.24. The first kappa shape index (κ1) is 10.6. The van der Waals surface area contributed by atoms with E-state index in [1.807, 2.05) is 11.9 Å². The molecule has 0 bridgehead atoms. The van der Waals surface area contributed by atoms with Crippen LogP contribution in [0.1, 0.15) is 46.0 Å². The summed E-state index contributed by atoms with van der Waals surface area (Å²) in [7, 11) is 1.92. The monoisotopic (exact) mass is 183 g/mol. The summed E-state index contributed by atoms with van der Waals surface area (Å²) in [6.07, 6.45) is 6.01. The van der Waals surface area contributed by atoms with Gasteiger partial charge in [0.2, 0.25) is 5.91 Å². The van der Waals surface area contributed by atoms with Gasteiger partial charge in [-0.15, -0.1) is 0 Å². The summed E-state index contributed by atoms with van der Waals surface area (Å²) in [4.78, 5) is 13.8. The quantitative estimate of drug-likeness (QED) is 0.644. The van der Waals surface area contributed by atoms with Crippen molar-refractivity contribution < 1.29 is 4.79 Å². The van der Waals surface area contributed by atoms with Crippen LogP contribution in [0.5, 0.6) is 0 Å². The average molecular weight is 183 g/mol. The molecule has 0 aromatic rings. The van der Waals surface area contributed by atoms with E-state index in [0.29, 0.717) is 17.9 Å². The van der Waals surface area contributed by atoms with E-state index in [1.54, 1.807) is 0 Å². The molecule has 13 heavy (non-hydrogen) atoms. The number of amides is 1.